The van der Waals surface area contributed by atoms with Gasteiger partial charge in [0.25, 0.3) is 0 Å². The zero-order valence-corrected chi connectivity index (χ0v) is 11.3. The Bertz CT molecular complexity index is 482. The van der Waals surface area contributed by atoms with Crippen LogP contribution in [0.1, 0.15) is 30.0 Å². The number of ether oxygens (including phenoxy) is 1. The second-order valence-corrected chi connectivity index (χ2v) is 4.74. The van der Waals surface area contributed by atoms with Gasteiger partial charge in [-0.2, -0.15) is 5.10 Å². The zero-order chi connectivity index (χ0) is 13.0. The van der Waals surface area contributed by atoms with Crippen molar-refractivity contribution in [3.05, 3.63) is 28.5 Å². The van der Waals surface area contributed by atoms with E-state index in [1.807, 2.05) is 4.68 Å². The highest BCUT2D eigenvalue weighted by Gasteiger charge is 2.23. The van der Waals surface area contributed by atoms with Crippen molar-refractivity contribution >= 4 is 11.3 Å². The van der Waals surface area contributed by atoms with Crippen LogP contribution in [0.4, 0.5) is 0 Å². The van der Waals surface area contributed by atoms with Crippen LogP contribution in [0.5, 0.6) is 5.75 Å². The van der Waals surface area contributed by atoms with E-state index in [9.17, 15) is 0 Å². The molecule has 0 radical (unpaired) electrons. The summed E-state index contributed by atoms with van der Waals surface area (Å²) >= 11 is 1.55. The Kier molecular flexibility index (Phi) is 4.29. The standard InChI is InChI=1S/C11H17N5OS/c1-3-4-16-11(8(17-2)5-14-16)10(15-12)9-6-13-7-18-9/h5-7,10,15H,3-4,12H2,1-2H3. The van der Waals surface area contributed by atoms with Gasteiger partial charge in [0.1, 0.15) is 11.7 Å². The number of rotatable bonds is 6. The third-order valence-electron chi connectivity index (χ3n) is 2.68. The van der Waals surface area contributed by atoms with Gasteiger partial charge in [0.05, 0.1) is 18.8 Å². The highest BCUT2D eigenvalue weighted by Crippen LogP contribution is 2.31. The van der Waals surface area contributed by atoms with Crippen LogP contribution in [0.15, 0.2) is 17.9 Å². The number of hydrogen-bond donors (Lipinski definition) is 2. The summed E-state index contributed by atoms with van der Waals surface area (Å²) in [5, 5.41) is 4.34. The summed E-state index contributed by atoms with van der Waals surface area (Å²) in [5.74, 6) is 6.41. The normalized spacial score (nSPS) is 12.6. The van der Waals surface area contributed by atoms with Gasteiger partial charge in [-0.3, -0.25) is 15.5 Å². The Morgan fingerprint density at radius 3 is 2.94 bits per heavy atom. The molecule has 1 atom stereocenters. The summed E-state index contributed by atoms with van der Waals surface area (Å²) in [6, 6.07) is -0.151. The first-order chi connectivity index (χ1) is 8.81. The quantitative estimate of drug-likeness (QED) is 0.609. The van der Waals surface area contributed by atoms with Crippen LogP contribution in [-0.2, 0) is 6.54 Å². The molecule has 7 heteroatoms. The van der Waals surface area contributed by atoms with Crippen LogP contribution in [0.3, 0.4) is 0 Å². The summed E-state index contributed by atoms with van der Waals surface area (Å²) in [4.78, 5) is 5.12. The predicted molar refractivity (Wildman–Crippen MR) is 70.4 cm³/mol. The predicted octanol–water partition coefficient (Wildman–Crippen LogP) is 1.31. The zero-order valence-electron chi connectivity index (χ0n) is 10.5. The molecule has 0 spiro atoms. The van der Waals surface area contributed by atoms with Crippen molar-refractivity contribution in [3.63, 3.8) is 0 Å². The van der Waals surface area contributed by atoms with Crippen molar-refractivity contribution in [2.75, 3.05) is 7.11 Å². The number of nitrogens with one attached hydrogen (secondary N) is 1. The molecular weight excluding hydrogens is 250 g/mol. The maximum absolute atomic E-state index is 5.68. The van der Waals surface area contributed by atoms with Crippen molar-refractivity contribution in [3.8, 4) is 5.75 Å². The molecule has 0 saturated heterocycles. The third-order valence-corrected chi connectivity index (χ3v) is 3.52. The van der Waals surface area contributed by atoms with Crippen LogP contribution in [-0.4, -0.2) is 21.9 Å². The van der Waals surface area contributed by atoms with E-state index in [0.29, 0.717) is 0 Å². The number of nitrogens with zero attached hydrogens (tertiary/aromatic N) is 3. The van der Waals surface area contributed by atoms with Crippen molar-refractivity contribution < 1.29 is 4.74 Å². The molecule has 1 unspecified atom stereocenters. The van der Waals surface area contributed by atoms with Gasteiger partial charge in [0.15, 0.2) is 5.75 Å². The number of hydrogen-bond acceptors (Lipinski definition) is 6. The first-order valence-corrected chi connectivity index (χ1v) is 6.64. The minimum absolute atomic E-state index is 0.151. The van der Waals surface area contributed by atoms with Gasteiger partial charge in [0.2, 0.25) is 0 Å². The van der Waals surface area contributed by atoms with E-state index < -0.39 is 0 Å². The maximum atomic E-state index is 5.68. The highest BCUT2D eigenvalue weighted by molar-refractivity contribution is 7.09. The second-order valence-electron chi connectivity index (χ2n) is 3.82. The van der Waals surface area contributed by atoms with Gasteiger partial charge >= 0.3 is 0 Å². The number of methoxy groups -OCH3 is 1. The molecule has 2 rings (SSSR count). The molecule has 0 aliphatic carbocycles. The molecule has 0 fully saturated rings. The Hall–Kier alpha value is -1.44. The minimum atomic E-state index is -0.151. The van der Waals surface area contributed by atoms with E-state index in [2.05, 4.69) is 22.4 Å². The molecule has 2 aromatic heterocycles. The molecule has 0 saturated carbocycles. The van der Waals surface area contributed by atoms with Gasteiger partial charge in [0, 0.05) is 17.6 Å². The van der Waals surface area contributed by atoms with E-state index in [0.717, 1.165) is 29.3 Å². The molecular formula is C11H17N5OS. The molecule has 3 N–H and O–H groups in total. The fraction of sp³-hybridized carbons (Fsp3) is 0.455. The number of nitrogens with two attached hydrogens (primary N) is 1. The Balaban J connectivity index is 2.42. The summed E-state index contributed by atoms with van der Waals surface area (Å²) in [6.45, 7) is 2.94. The number of aromatic nitrogens is 3. The third kappa shape index (κ3) is 2.38. The molecule has 0 aliphatic heterocycles. The summed E-state index contributed by atoms with van der Waals surface area (Å²) in [6.07, 6.45) is 4.52. The van der Waals surface area contributed by atoms with E-state index in [1.54, 1.807) is 36.4 Å². The highest BCUT2D eigenvalue weighted by atomic mass is 32.1. The van der Waals surface area contributed by atoms with Gasteiger partial charge < -0.3 is 4.74 Å². The van der Waals surface area contributed by atoms with E-state index in [-0.39, 0.29) is 6.04 Å². The maximum Gasteiger partial charge on any atom is 0.162 e. The molecule has 98 valence electrons. The number of hydrazine groups is 1. The van der Waals surface area contributed by atoms with Gasteiger partial charge in [-0.1, -0.05) is 6.92 Å². The Morgan fingerprint density at radius 2 is 2.39 bits per heavy atom. The molecule has 2 heterocycles. The monoisotopic (exact) mass is 267 g/mol. The topological polar surface area (TPSA) is 78.0 Å². The van der Waals surface area contributed by atoms with Crippen molar-refractivity contribution in [1.82, 2.24) is 20.2 Å². The van der Waals surface area contributed by atoms with E-state index in [1.165, 1.54) is 0 Å². The molecule has 0 bridgehead atoms. The molecule has 0 amide bonds. The van der Waals surface area contributed by atoms with Crippen LogP contribution < -0.4 is 16.0 Å². The smallest absolute Gasteiger partial charge is 0.162 e. The Labute approximate surface area is 110 Å². The average molecular weight is 267 g/mol. The van der Waals surface area contributed by atoms with Gasteiger partial charge in [-0.25, -0.2) is 5.43 Å². The van der Waals surface area contributed by atoms with Crippen molar-refractivity contribution in [2.24, 2.45) is 5.84 Å². The first-order valence-electron chi connectivity index (χ1n) is 5.76. The minimum Gasteiger partial charge on any atom is -0.493 e. The first kappa shape index (κ1) is 13.0. The fourth-order valence-corrected chi connectivity index (χ4v) is 2.56. The van der Waals surface area contributed by atoms with Crippen LogP contribution in [0.2, 0.25) is 0 Å². The largest absolute Gasteiger partial charge is 0.493 e. The lowest BCUT2D eigenvalue weighted by Gasteiger charge is -2.17. The lowest BCUT2D eigenvalue weighted by Crippen LogP contribution is -2.30. The van der Waals surface area contributed by atoms with Crippen molar-refractivity contribution in [2.45, 2.75) is 25.9 Å². The van der Waals surface area contributed by atoms with Crippen LogP contribution in [0, 0.1) is 0 Å². The summed E-state index contributed by atoms with van der Waals surface area (Å²) in [5.41, 5.74) is 5.53. The Morgan fingerprint density at radius 1 is 1.56 bits per heavy atom. The molecule has 0 aliphatic rings. The average Bonchev–Trinajstić information content (AvgIpc) is 3.02. The van der Waals surface area contributed by atoms with E-state index in [4.69, 9.17) is 10.6 Å². The van der Waals surface area contributed by atoms with E-state index >= 15 is 0 Å². The van der Waals surface area contributed by atoms with Crippen LogP contribution in [0.25, 0.3) is 0 Å². The fourth-order valence-electron chi connectivity index (χ4n) is 1.88. The second kappa shape index (κ2) is 5.94. The van der Waals surface area contributed by atoms with Crippen molar-refractivity contribution in [1.29, 1.82) is 0 Å². The lowest BCUT2D eigenvalue weighted by atomic mass is 10.2. The SMILES string of the molecule is CCCn1ncc(OC)c1C(NN)c1cncs1. The molecule has 2 aromatic rings. The molecule has 18 heavy (non-hydrogen) atoms. The summed E-state index contributed by atoms with van der Waals surface area (Å²) in [7, 11) is 1.64. The van der Waals surface area contributed by atoms with Gasteiger partial charge in [-0.15, -0.1) is 11.3 Å². The number of thiazole rings is 1. The van der Waals surface area contributed by atoms with Gasteiger partial charge in [-0.05, 0) is 6.42 Å². The van der Waals surface area contributed by atoms with Crippen LogP contribution >= 0.6 is 11.3 Å². The number of aryl methyl sites for hydroxylation is 1. The molecule has 0 aromatic carbocycles. The molecule has 6 nitrogen and oxygen atoms in total. The lowest BCUT2D eigenvalue weighted by molar-refractivity contribution is 0.399. The summed E-state index contributed by atoms with van der Waals surface area (Å²) < 4.78 is 7.28.